The third-order valence-electron chi connectivity index (χ3n) is 4.91. The highest BCUT2D eigenvalue weighted by Gasteiger charge is 2.25. The second-order valence-corrected chi connectivity index (χ2v) is 8.93. The van der Waals surface area contributed by atoms with E-state index in [9.17, 15) is 13.2 Å². The summed E-state index contributed by atoms with van der Waals surface area (Å²) in [6.45, 7) is 1.65. The molecule has 1 heterocycles. The Hall–Kier alpha value is -2.18. The number of sulfonamides is 1. The van der Waals surface area contributed by atoms with Crippen LogP contribution in [0.3, 0.4) is 0 Å². The zero-order chi connectivity index (χ0) is 19.3. The van der Waals surface area contributed by atoms with Gasteiger partial charge in [-0.15, -0.1) is 0 Å². The molecule has 3 rings (SSSR count). The third kappa shape index (κ3) is 4.76. The monoisotopic (exact) mass is 386 g/mol. The van der Waals surface area contributed by atoms with E-state index in [0.717, 1.165) is 31.2 Å². The molecular formula is C21H26N2O3S. The van der Waals surface area contributed by atoms with Gasteiger partial charge in [0.2, 0.25) is 10.0 Å². The smallest absolute Gasteiger partial charge is 0.253 e. The van der Waals surface area contributed by atoms with Crippen molar-refractivity contribution in [2.75, 3.05) is 20.1 Å². The minimum absolute atomic E-state index is 0.127. The summed E-state index contributed by atoms with van der Waals surface area (Å²) in [6, 6.07) is 16.1. The fourth-order valence-corrected chi connectivity index (χ4v) is 4.87. The lowest BCUT2D eigenvalue weighted by molar-refractivity contribution is 0.0785. The maximum absolute atomic E-state index is 12.8. The van der Waals surface area contributed by atoms with Gasteiger partial charge in [-0.1, -0.05) is 43.2 Å². The molecule has 1 fully saturated rings. The van der Waals surface area contributed by atoms with Crippen LogP contribution in [-0.2, 0) is 16.6 Å². The summed E-state index contributed by atoms with van der Waals surface area (Å²) >= 11 is 0. The van der Waals surface area contributed by atoms with Crippen molar-refractivity contribution in [2.45, 2.75) is 37.1 Å². The number of benzene rings is 2. The number of amides is 1. The Balaban J connectivity index is 1.71. The van der Waals surface area contributed by atoms with E-state index >= 15 is 0 Å². The van der Waals surface area contributed by atoms with Crippen molar-refractivity contribution in [3.8, 4) is 0 Å². The molecule has 1 aliphatic heterocycles. The molecule has 0 N–H and O–H groups in total. The first-order chi connectivity index (χ1) is 13.0. The minimum atomic E-state index is -3.49. The van der Waals surface area contributed by atoms with Gasteiger partial charge < -0.3 is 4.90 Å². The molecule has 1 amide bonds. The van der Waals surface area contributed by atoms with Crippen LogP contribution in [0.15, 0.2) is 59.5 Å². The van der Waals surface area contributed by atoms with Crippen molar-refractivity contribution in [1.29, 1.82) is 0 Å². The Kier molecular flexibility index (Phi) is 6.29. The average Bonchev–Trinajstić information content (AvgIpc) is 2.98. The molecule has 2 aromatic rings. The number of carbonyl (C=O) groups excluding carboxylic acids is 1. The molecular weight excluding hydrogens is 360 g/mol. The highest BCUT2D eigenvalue weighted by molar-refractivity contribution is 7.89. The van der Waals surface area contributed by atoms with Crippen LogP contribution in [-0.4, -0.2) is 43.7 Å². The van der Waals surface area contributed by atoms with Crippen molar-refractivity contribution in [3.05, 3.63) is 65.7 Å². The van der Waals surface area contributed by atoms with E-state index in [1.54, 1.807) is 40.5 Å². The van der Waals surface area contributed by atoms with Crippen molar-refractivity contribution in [2.24, 2.45) is 0 Å². The molecule has 2 aromatic carbocycles. The van der Waals surface area contributed by atoms with Crippen molar-refractivity contribution in [3.63, 3.8) is 0 Å². The van der Waals surface area contributed by atoms with Gasteiger partial charge in [0, 0.05) is 32.2 Å². The van der Waals surface area contributed by atoms with E-state index in [0.29, 0.717) is 25.2 Å². The van der Waals surface area contributed by atoms with E-state index in [-0.39, 0.29) is 10.8 Å². The Labute approximate surface area is 161 Å². The van der Waals surface area contributed by atoms with Gasteiger partial charge in [-0.05, 0) is 42.7 Å². The summed E-state index contributed by atoms with van der Waals surface area (Å²) in [5.74, 6) is -0.127. The molecule has 0 aliphatic carbocycles. The molecule has 1 saturated heterocycles. The van der Waals surface area contributed by atoms with E-state index in [4.69, 9.17) is 0 Å². The van der Waals surface area contributed by atoms with Crippen LogP contribution in [0.25, 0.3) is 0 Å². The largest absolute Gasteiger partial charge is 0.337 e. The lowest BCUT2D eigenvalue weighted by Gasteiger charge is -2.20. The molecule has 0 saturated carbocycles. The predicted octanol–water partition coefficient (Wildman–Crippen LogP) is 3.52. The zero-order valence-corrected chi connectivity index (χ0v) is 16.5. The van der Waals surface area contributed by atoms with Crippen LogP contribution >= 0.6 is 0 Å². The number of rotatable bonds is 5. The standard InChI is InChI=1S/C21H26N2O3S/c1-22(17-18-9-5-4-6-10-18)21(24)19-11-13-20(14-12-19)27(25,26)23-15-7-2-3-8-16-23/h4-6,9-14H,2-3,7-8,15-17H2,1H3. The first-order valence-electron chi connectivity index (χ1n) is 9.38. The topological polar surface area (TPSA) is 57.7 Å². The minimum Gasteiger partial charge on any atom is -0.337 e. The zero-order valence-electron chi connectivity index (χ0n) is 15.7. The Bertz CT molecular complexity index is 856. The van der Waals surface area contributed by atoms with Crippen LogP contribution in [0.5, 0.6) is 0 Å². The molecule has 27 heavy (non-hydrogen) atoms. The van der Waals surface area contributed by atoms with Crippen molar-refractivity contribution in [1.82, 2.24) is 9.21 Å². The summed E-state index contributed by atoms with van der Waals surface area (Å²) in [7, 11) is -1.74. The Morgan fingerprint density at radius 1 is 0.926 bits per heavy atom. The lowest BCUT2D eigenvalue weighted by atomic mass is 10.1. The van der Waals surface area contributed by atoms with Gasteiger partial charge in [0.05, 0.1) is 4.90 Å². The quantitative estimate of drug-likeness (QED) is 0.790. The van der Waals surface area contributed by atoms with E-state index in [1.807, 2.05) is 30.3 Å². The molecule has 144 valence electrons. The van der Waals surface area contributed by atoms with Crippen LogP contribution in [0.4, 0.5) is 0 Å². The number of carbonyl (C=O) groups is 1. The van der Waals surface area contributed by atoms with E-state index in [2.05, 4.69) is 0 Å². The fraction of sp³-hybridized carbons (Fsp3) is 0.381. The second kappa shape index (κ2) is 8.67. The van der Waals surface area contributed by atoms with Crippen LogP contribution in [0.1, 0.15) is 41.6 Å². The predicted molar refractivity (Wildman–Crippen MR) is 106 cm³/mol. The summed E-state index contributed by atoms with van der Waals surface area (Å²) in [4.78, 5) is 14.5. The van der Waals surface area contributed by atoms with Gasteiger partial charge in [-0.3, -0.25) is 4.79 Å². The van der Waals surface area contributed by atoms with Gasteiger partial charge in [0.25, 0.3) is 5.91 Å². The molecule has 1 aliphatic rings. The van der Waals surface area contributed by atoms with Crippen LogP contribution < -0.4 is 0 Å². The third-order valence-corrected chi connectivity index (χ3v) is 6.83. The molecule has 0 bridgehead atoms. The molecule has 6 heteroatoms. The fourth-order valence-electron chi connectivity index (χ4n) is 3.35. The highest BCUT2D eigenvalue weighted by Crippen LogP contribution is 2.21. The molecule has 5 nitrogen and oxygen atoms in total. The van der Waals surface area contributed by atoms with Gasteiger partial charge >= 0.3 is 0 Å². The molecule has 0 radical (unpaired) electrons. The number of hydrogen-bond acceptors (Lipinski definition) is 3. The van der Waals surface area contributed by atoms with Gasteiger partial charge in [0.15, 0.2) is 0 Å². The summed E-state index contributed by atoms with van der Waals surface area (Å²) in [5, 5.41) is 0. The van der Waals surface area contributed by atoms with E-state index < -0.39 is 10.0 Å². The molecule has 0 atom stereocenters. The first-order valence-corrected chi connectivity index (χ1v) is 10.8. The average molecular weight is 387 g/mol. The van der Waals surface area contributed by atoms with E-state index in [1.165, 1.54) is 0 Å². The van der Waals surface area contributed by atoms with Crippen molar-refractivity contribution >= 4 is 15.9 Å². The Morgan fingerprint density at radius 3 is 2.11 bits per heavy atom. The number of nitrogens with zero attached hydrogens (tertiary/aromatic N) is 2. The Morgan fingerprint density at radius 2 is 1.52 bits per heavy atom. The number of hydrogen-bond donors (Lipinski definition) is 0. The summed E-state index contributed by atoms with van der Waals surface area (Å²) in [5.41, 5.74) is 1.54. The lowest BCUT2D eigenvalue weighted by Crippen LogP contribution is -2.32. The maximum Gasteiger partial charge on any atom is 0.253 e. The van der Waals surface area contributed by atoms with Gasteiger partial charge in [0.1, 0.15) is 0 Å². The SMILES string of the molecule is CN(Cc1ccccc1)C(=O)c1ccc(S(=O)(=O)N2CCCCCC2)cc1. The van der Waals surface area contributed by atoms with Gasteiger partial charge in [-0.2, -0.15) is 4.31 Å². The normalized spacial score (nSPS) is 15.9. The summed E-state index contributed by atoms with van der Waals surface area (Å²) in [6.07, 6.45) is 3.96. The second-order valence-electron chi connectivity index (χ2n) is 6.99. The van der Waals surface area contributed by atoms with Crippen molar-refractivity contribution < 1.29 is 13.2 Å². The molecule has 0 spiro atoms. The molecule has 0 unspecified atom stereocenters. The highest BCUT2D eigenvalue weighted by atomic mass is 32.2. The summed E-state index contributed by atoms with van der Waals surface area (Å²) < 4.78 is 27.2. The maximum atomic E-state index is 12.8. The molecule has 0 aromatic heterocycles. The van der Waals surface area contributed by atoms with Crippen LogP contribution in [0.2, 0.25) is 0 Å². The first kappa shape index (κ1) is 19.6. The van der Waals surface area contributed by atoms with Crippen LogP contribution in [0, 0.1) is 0 Å². The van der Waals surface area contributed by atoms with Gasteiger partial charge in [-0.25, -0.2) is 8.42 Å².